The molecular weight excluding hydrogens is 512 g/mol. The van der Waals surface area contributed by atoms with Gasteiger partial charge in [0.05, 0.1) is 37.1 Å². The van der Waals surface area contributed by atoms with E-state index in [2.05, 4.69) is 17.3 Å². The van der Waals surface area contributed by atoms with Crippen LogP contribution < -0.4 is 15.8 Å². The molecule has 3 aromatic rings. The van der Waals surface area contributed by atoms with Gasteiger partial charge in [-0.05, 0) is 68.2 Å². The summed E-state index contributed by atoms with van der Waals surface area (Å²) in [5, 5.41) is 16.9. The smallest absolute Gasteiger partial charge is 0.259 e. The van der Waals surface area contributed by atoms with Crippen LogP contribution in [0.3, 0.4) is 0 Å². The number of carbonyl (C=O) groups is 2. The number of nitrogen functional groups attached to an aromatic ring is 1. The van der Waals surface area contributed by atoms with Crippen molar-refractivity contribution in [2.75, 3.05) is 25.6 Å². The first kappa shape index (κ1) is 25.3. The van der Waals surface area contributed by atoms with Gasteiger partial charge in [-0.2, -0.15) is 0 Å². The van der Waals surface area contributed by atoms with E-state index in [0.29, 0.717) is 48.3 Å². The summed E-state index contributed by atoms with van der Waals surface area (Å²) in [6, 6.07) is 5.54. The molecular formula is C29H34N6O5. The molecule has 3 unspecified atom stereocenters. The van der Waals surface area contributed by atoms with Gasteiger partial charge in [0.15, 0.2) is 11.5 Å². The van der Waals surface area contributed by atoms with Crippen molar-refractivity contribution in [2.24, 2.45) is 11.8 Å². The quantitative estimate of drug-likeness (QED) is 0.371. The number of aliphatic hydroxyl groups is 1. The number of fused-ring (bicyclic) bond motifs is 2. The highest BCUT2D eigenvalue weighted by Gasteiger charge is 2.41. The first-order chi connectivity index (χ1) is 19.4. The number of anilines is 1. The van der Waals surface area contributed by atoms with E-state index in [1.165, 1.54) is 4.52 Å². The van der Waals surface area contributed by atoms with Crippen LogP contribution in [0.2, 0.25) is 0 Å². The molecule has 2 amide bonds. The Morgan fingerprint density at radius 1 is 1.25 bits per heavy atom. The molecule has 210 valence electrons. The SMILES string of the molecule is CC(C1CC1)N1Cc2cc(-c3ccn4nc(N)c(C(=O)NC(CO)C5CC5)c4n3)cc(OC3CCOC3)c2C1=O. The lowest BCUT2D eigenvalue weighted by Crippen LogP contribution is -2.39. The molecule has 3 fully saturated rings. The maximum atomic E-state index is 13.6. The third-order valence-electron chi connectivity index (χ3n) is 8.72. The lowest BCUT2D eigenvalue weighted by atomic mass is 10.0. The summed E-state index contributed by atoms with van der Waals surface area (Å²) in [5.41, 5.74) is 9.58. The minimum atomic E-state index is -0.405. The Balaban J connectivity index is 1.26. The monoisotopic (exact) mass is 546 g/mol. The summed E-state index contributed by atoms with van der Waals surface area (Å²) in [5.74, 6) is 1.05. The molecule has 1 aromatic carbocycles. The number of rotatable bonds is 9. The average Bonchev–Trinajstić information content (AvgIpc) is 3.86. The molecule has 2 aromatic heterocycles. The van der Waals surface area contributed by atoms with E-state index in [4.69, 9.17) is 20.2 Å². The lowest BCUT2D eigenvalue weighted by Gasteiger charge is -2.24. The van der Waals surface area contributed by atoms with Crippen molar-refractivity contribution in [3.05, 3.63) is 41.1 Å². The molecule has 11 heteroatoms. The maximum absolute atomic E-state index is 13.6. The number of hydrogen-bond donors (Lipinski definition) is 3. The van der Waals surface area contributed by atoms with Crippen LogP contribution in [0.25, 0.3) is 16.9 Å². The van der Waals surface area contributed by atoms with Gasteiger partial charge in [0.25, 0.3) is 11.8 Å². The zero-order valence-corrected chi connectivity index (χ0v) is 22.5. The summed E-state index contributed by atoms with van der Waals surface area (Å²) in [7, 11) is 0. The Morgan fingerprint density at radius 2 is 2.05 bits per heavy atom. The predicted molar refractivity (Wildman–Crippen MR) is 146 cm³/mol. The molecule has 4 aliphatic rings. The summed E-state index contributed by atoms with van der Waals surface area (Å²) in [6.07, 6.45) is 6.64. The highest BCUT2D eigenvalue weighted by molar-refractivity contribution is 6.05. The number of aliphatic hydroxyl groups excluding tert-OH is 1. The largest absolute Gasteiger partial charge is 0.487 e. The molecule has 40 heavy (non-hydrogen) atoms. The van der Waals surface area contributed by atoms with Gasteiger partial charge in [0.2, 0.25) is 0 Å². The number of nitrogens with two attached hydrogens (primary N) is 1. The van der Waals surface area contributed by atoms with E-state index in [-0.39, 0.29) is 48.0 Å². The summed E-state index contributed by atoms with van der Waals surface area (Å²) in [4.78, 5) is 33.6. The van der Waals surface area contributed by atoms with Gasteiger partial charge < -0.3 is 30.5 Å². The Labute approximate surface area is 231 Å². The lowest BCUT2D eigenvalue weighted by molar-refractivity contribution is 0.0691. The van der Waals surface area contributed by atoms with E-state index >= 15 is 0 Å². The molecule has 4 N–H and O–H groups in total. The Bertz CT molecular complexity index is 1490. The minimum absolute atomic E-state index is 0.00916. The molecule has 0 spiro atoms. The van der Waals surface area contributed by atoms with Crippen molar-refractivity contribution in [2.45, 2.75) is 63.8 Å². The van der Waals surface area contributed by atoms with E-state index in [9.17, 15) is 14.7 Å². The van der Waals surface area contributed by atoms with E-state index < -0.39 is 5.91 Å². The van der Waals surface area contributed by atoms with Crippen LogP contribution in [-0.4, -0.2) is 74.4 Å². The van der Waals surface area contributed by atoms with Crippen LogP contribution in [0.5, 0.6) is 5.75 Å². The Hall–Kier alpha value is -3.70. The molecule has 0 bridgehead atoms. The average molecular weight is 547 g/mol. The second-order valence-corrected chi connectivity index (χ2v) is 11.6. The molecule has 4 heterocycles. The van der Waals surface area contributed by atoms with Crippen molar-refractivity contribution < 1.29 is 24.2 Å². The number of benzene rings is 1. The molecule has 3 atom stereocenters. The number of ether oxygens (including phenoxy) is 2. The molecule has 1 saturated heterocycles. The number of nitrogens with zero attached hydrogens (tertiary/aromatic N) is 4. The number of amides is 2. The summed E-state index contributed by atoms with van der Waals surface area (Å²) in [6.45, 7) is 3.64. The van der Waals surface area contributed by atoms with Crippen molar-refractivity contribution >= 4 is 23.3 Å². The Morgan fingerprint density at radius 3 is 2.75 bits per heavy atom. The first-order valence-electron chi connectivity index (χ1n) is 14.2. The zero-order chi connectivity index (χ0) is 27.5. The van der Waals surface area contributed by atoms with Crippen LogP contribution in [0, 0.1) is 11.8 Å². The highest BCUT2D eigenvalue weighted by Crippen LogP contribution is 2.42. The molecule has 2 saturated carbocycles. The van der Waals surface area contributed by atoms with E-state index in [1.54, 1.807) is 6.20 Å². The van der Waals surface area contributed by atoms with Gasteiger partial charge in [-0.1, -0.05) is 0 Å². The predicted octanol–water partition coefficient (Wildman–Crippen LogP) is 2.40. The van der Waals surface area contributed by atoms with Crippen molar-refractivity contribution in [3.8, 4) is 17.0 Å². The van der Waals surface area contributed by atoms with Crippen LogP contribution >= 0.6 is 0 Å². The van der Waals surface area contributed by atoms with Crippen molar-refractivity contribution in [1.82, 2.24) is 24.8 Å². The summed E-state index contributed by atoms with van der Waals surface area (Å²) >= 11 is 0. The van der Waals surface area contributed by atoms with Gasteiger partial charge in [0, 0.05) is 30.8 Å². The molecule has 2 aliphatic heterocycles. The van der Waals surface area contributed by atoms with Crippen LogP contribution in [0.1, 0.15) is 65.3 Å². The number of nitrogens with one attached hydrogen (secondary N) is 1. The van der Waals surface area contributed by atoms with Gasteiger partial charge in [0.1, 0.15) is 17.4 Å². The normalized spacial score (nSPS) is 22.0. The topological polar surface area (TPSA) is 144 Å². The van der Waals surface area contributed by atoms with Gasteiger partial charge in [-0.3, -0.25) is 9.59 Å². The fourth-order valence-corrected chi connectivity index (χ4v) is 6.00. The van der Waals surface area contributed by atoms with Crippen LogP contribution in [0.15, 0.2) is 24.4 Å². The van der Waals surface area contributed by atoms with Gasteiger partial charge >= 0.3 is 0 Å². The Kier molecular flexibility index (Phi) is 6.16. The van der Waals surface area contributed by atoms with Gasteiger partial charge in [-0.15, -0.1) is 5.10 Å². The number of carbonyl (C=O) groups excluding carboxylic acids is 2. The highest BCUT2D eigenvalue weighted by atomic mass is 16.5. The third kappa shape index (κ3) is 4.46. The van der Waals surface area contributed by atoms with Gasteiger partial charge in [-0.25, -0.2) is 9.50 Å². The zero-order valence-electron chi connectivity index (χ0n) is 22.5. The minimum Gasteiger partial charge on any atom is -0.487 e. The fraction of sp³-hybridized carbons (Fsp3) is 0.517. The second-order valence-electron chi connectivity index (χ2n) is 11.6. The number of aromatic nitrogens is 3. The molecule has 2 aliphatic carbocycles. The maximum Gasteiger partial charge on any atom is 0.259 e. The fourth-order valence-electron chi connectivity index (χ4n) is 6.00. The summed E-state index contributed by atoms with van der Waals surface area (Å²) < 4.78 is 13.4. The first-order valence-corrected chi connectivity index (χ1v) is 14.2. The van der Waals surface area contributed by atoms with E-state index in [0.717, 1.165) is 43.2 Å². The molecule has 11 nitrogen and oxygen atoms in total. The van der Waals surface area contributed by atoms with Crippen molar-refractivity contribution in [3.63, 3.8) is 0 Å². The van der Waals surface area contributed by atoms with E-state index in [1.807, 2.05) is 23.1 Å². The third-order valence-corrected chi connectivity index (χ3v) is 8.72. The molecule has 7 rings (SSSR count). The number of hydrogen-bond acceptors (Lipinski definition) is 8. The van der Waals surface area contributed by atoms with Crippen molar-refractivity contribution in [1.29, 1.82) is 0 Å². The molecule has 0 radical (unpaired) electrons. The van der Waals surface area contributed by atoms with Crippen LogP contribution in [0.4, 0.5) is 5.82 Å². The second kappa shape index (κ2) is 9.74. The standard InChI is InChI=1S/C29H34N6O5/c1-15(16-2-3-16)34-12-19-10-18(11-23(24(19)29(34)38)40-20-7-9-39-14-20)21-6-8-35-27(31-21)25(26(30)33-35)28(37)32-22(13-36)17-4-5-17/h6,8,10-11,15-17,20,22,36H,2-5,7,9,12-14H2,1H3,(H2,30,33)(H,32,37). The van der Waals surface area contributed by atoms with Crippen LogP contribution in [-0.2, 0) is 11.3 Å².